The first-order valence-corrected chi connectivity index (χ1v) is 9.54. The topological polar surface area (TPSA) is 53.0 Å². The van der Waals surface area contributed by atoms with Crippen molar-refractivity contribution in [3.8, 4) is 11.5 Å². The summed E-state index contributed by atoms with van der Waals surface area (Å²) in [6.45, 7) is 4.00. The van der Waals surface area contributed by atoms with E-state index in [0.29, 0.717) is 23.3 Å². The van der Waals surface area contributed by atoms with Crippen LogP contribution in [-0.2, 0) is 0 Å². The van der Waals surface area contributed by atoms with Crippen molar-refractivity contribution in [2.24, 2.45) is 11.8 Å². The molecular formula is C20H28N2O3. The van der Waals surface area contributed by atoms with Crippen molar-refractivity contribution in [3.63, 3.8) is 0 Å². The summed E-state index contributed by atoms with van der Waals surface area (Å²) >= 11 is 0. The summed E-state index contributed by atoms with van der Waals surface area (Å²) in [4.78, 5) is 17.6. The van der Waals surface area contributed by atoms with Gasteiger partial charge in [-0.25, -0.2) is 0 Å². The van der Waals surface area contributed by atoms with E-state index < -0.39 is 0 Å². The number of phenolic OH excluding ortho intramolecular Hbond substituents is 1. The van der Waals surface area contributed by atoms with Crippen LogP contribution in [-0.4, -0.2) is 60.1 Å². The third kappa shape index (κ3) is 3.34. The molecule has 3 saturated heterocycles. The van der Waals surface area contributed by atoms with Crippen molar-refractivity contribution in [2.75, 3.05) is 33.3 Å². The first kappa shape index (κ1) is 16.7. The van der Waals surface area contributed by atoms with Gasteiger partial charge in [0, 0.05) is 37.8 Å². The molecule has 5 rings (SSSR count). The molecule has 1 aliphatic carbocycles. The average Bonchev–Trinajstić information content (AvgIpc) is 2.89. The van der Waals surface area contributed by atoms with Crippen LogP contribution in [0.5, 0.6) is 11.5 Å². The zero-order valence-corrected chi connectivity index (χ0v) is 15.0. The van der Waals surface area contributed by atoms with E-state index in [4.69, 9.17) is 4.74 Å². The van der Waals surface area contributed by atoms with Crippen LogP contribution in [0, 0.1) is 11.8 Å². The maximum absolute atomic E-state index is 13.0. The molecule has 1 N–H and O–H groups in total. The van der Waals surface area contributed by atoms with Crippen LogP contribution >= 0.6 is 0 Å². The van der Waals surface area contributed by atoms with Crippen molar-refractivity contribution in [1.82, 2.24) is 9.80 Å². The van der Waals surface area contributed by atoms with Crippen LogP contribution in [0.3, 0.4) is 0 Å². The lowest BCUT2D eigenvalue weighted by Crippen LogP contribution is -2.47. The van der Waals surface area contributed by atoms with E-state index in [1.807, 2.05) is 4.90 Å². The number of hydrogen-bond acceptors (Lipinski definition) is 4. The minimum atomic E-state index is 0.0257. The van der Waals surface area contributed by atoms with Gasteiger partial charge in [0.05, 0.1) is 7.11 Å². The highest BCUT2D eigenvalue weighted by molar-refractivity contribution is 5.95. The molecule has 1 saturated carbocycles. The van der Waals surface area contributed by atoms with Crippen LogP contribution in [0.25, 0.3) is 0 Å². The van der Waals surface area contributed by atoms with E-state index in [2.05, 4.69) is 4.90 Å². The second-order valence-electron chi connectivity index (χ2n) is 7.94. The Morgan fingerprint density at radius 2 is 2.04 bits per heavy atom. The molecule has 25 heavy (non-hydrogen) atoms. The third-order valence-corrected chi connectivity index (χ3v) is 6.26. The molecule has 2 bridgehead atoms. The van der Waals surface area contributed by atoms with E-state index in [1.54, 1.807) is 12.1 Å². The largest absolute Gasteiger partial charge is 0.504 e. The lowest BCUT2D eigenvalue weighted by atomic mass is 9.83. The van der Waals surface area contributed by atoms with E-state index in [0.717, 1.165) is 25.6 Å². The second-order valence-corrected chi connectivity index (χ2v) is 7.94. The number of aromatic hydroxyl groups is 1. The lowest BCUT2D eigenvalue weighted by Gasteiger charge is -2.40. The monoisotopic (exact) mass is 344 g/mol. The summed E-state index contributed by atoms with van der Waals surface area (Å²) in [5.74, 6) is 1.91. The zero-order chi connectivity index (χ0) is 17.4. The first-order valence-electron chi connectivity index (χ1n) is 9.54. The number of carbonyl (C=O) groups is 1. The van der Waals surface area contributed by atoms with Gasteiger partial charge < -0.3 is 14.7 Å². The van der Waals surface area contributed by atoms with Gasteiger partial charge in [-0.05, 0) is 55.7 Å². The van der Waals surface area contributed by atoms with Gasteiger partial charge in [0.15, 0.2) is 11.5 Å². The number of amides is 1. The van der Waals surface area contributed by atoms with Crippen LogP contribution in [0.15, 0.2) is 18.2 Å². The van der Waals surface area contributed by atoms with Crippen molar-refractivity contribution in [2.45, 2.75) is 38.1 Å². The fourth-order valence-corrected chi connectivity index (χ4v) is 4.58. The summed E-state index contributed by atoms with van der Waals surface area (Å²) in [5.41, 5.74) is 0.546. The standard InChI is InChI=1S/C20H28N2O3/c1-25-19-8-6-16(9-18(19)23)20(24)22-12-15-5-7-17(13-22)21(11-15)10-14-3-2-4-14/h6,8-9,14-15,17,23H,2-5,7,10-13H2,1H3/t15-,17-/m1/s1. The van der Waals surface area contributed by atoms with E-state index in [-0.39, 0.29) is 11.7 Å². The fraction of sp³-hybridized carbons (Fsp3) is 0.650. The molecule has 1 amide bonds. The van der Waals surface area contributed by atoms with Gasteiger partial charge in [0.25, 0.3) is 5.91 Å². The predicted molar refractivity (Wildman–Crippen MR) is 96.0 cm³/mol. The van der Waals surface area contributed by atoms with Crippen molar-refractivity contribution >= 4 is 5.91 Å². The Hall–Kier alpha value is -1.75. The Bertz CT molecular complexity index is 644. The first-order chi connectivity index (χ1) is 12.1. The summed E-state index contributed by atoms with van der Waals surface area (Å²) in [7, 11) is 1.51. The molecule has 0 unspecified atom stereocenters. The number of methoxy groups -OCH3 is 1. The third-order valence-electron chi connectivity index (χ3n) is 6.26. The molecule has 1 aromatic carbocycles. The van der Waals surface area contributed by atoms with E-state index in [1.165, 1.54) is 51.8 Å². The fourth-order valence-electron chi connectivity index (χ4n) is 4.58. The molecule has 5 heteroatoms. The number of fused-ring (bicyclic) bond motifs is 4. The Labute approximate surface area is 149 Å². The number of carbonyl (C=O) groups excluding carboxylic acids is 1. The Morgan fingerprint density at radius 1 is 1.20 bits per heavy atom. The predicted octanol–water partition coefficient (Wildman–Crippen LogP) is 2.74. The van der Waals surface area contributed by atoms with Crippen molar-refractivity contribution in [3.05, 3.63) is 23.8 Å². The van der Waals surface area contributed by atoms with Crippen LogP contribution in [0.4, 0.5) is 0 Å². The molecule has 136 valence electrons. The molecule has 1 aromatic rings. The smallest absolute Gasteiger partial charge is 0.254 e. The molecule has 4 fully saturated rings. The van der Waals surface area contributed by atoms with E-state index in [9.17, 15) is 9.90 Å². The minimum absolute atomic E-state index is 0.0257. The Balaban J connectivity index is 1.47. The molecular weight excluding hydrogens is 316 g/mol. The summed E-state index contributed by atoms with van der Waals surface area (Å²) in [6, 6.07) is 5.44. The minimum Gasteiger partial charge on any atom is -0.504 e. The quantitative estimate of drug-likeness (QED) is 0.912. The highest BCUT2D eigenvalue weighted by atomic mass is 16.5. The normalized spacial score (nSPS) is 27.0. The van der Waals surface area contributed by atoms with Gasteiger partial charge in [-0.15, -0.1) is 0 Å². The van der Waals surface area contributed by atoms with Crippen molar-refractivity contribution in [1.29, 1.82) is 0 Å². The van der Waals surface area contributed by atoms with E-state index >= 15 is 0 Å². The van der Waals surface area contributed by atoms with Gasteiger partial charge >= 0.3 is 0 Å². The summed E-state index contributed by atoms with van der Waals surface area (Å²) < 4.78 is 5.07. The number of hydrogen-bond donors (Lipinski definition) is 1. The number of piperidine rings is 1. The van der Waals surface area contributed by atoms with Gasteiger partial charge in [0.2, 0.25) is 0 Å². The highest BCUT2D eigenvalue weighted by Gasteiger charge is 2.38. The van der Waals surface area contributed by atoms with Crippen LogP contribution in [0.1, 0.15) is 42.5 Å². The lowest BCUT2D eigenvalue weighted by molar-refractivity contribution is 0.0717. The molecule has 2 atom stereocenters. The average molecular weight is 344 g/mol. The summed E-state index contributed by atoms with van der Waals surface area (Å²) in [5, 5.41) is 9.98. The SMILES string of the molecule is COc1ccc(C(=O)N2C[C@@H]3CC[C@H](C2)N(CC2CCC2)C3)cc1O. The van der Waals surface area contributed by atoms with Crippen LogP contribution < -0.4 is 4.74 Å². The number of rotatable bonds is 4. The zero-order valence-electron chi connectivity index (χ0n) is 15.0. The number of nitrogens with zero attached hydrogens (tertiary/aromatic N) is 2. The molecule has 3 aliphatic heterocycles. The molecule has 0 aromatic heterocycles. The Morgan fingerprint density at radius 3 is 2.72 bits per heavy atom. The molecule has 4 aliphatic rings. The van der Waals surface area contributed by atoms with Gasteiger partial charge in [0.1, 0.15) is 0 Å². The second kappa shape index (κ2) is 6.87. The van der Waals surface area contributed by atoms with Gasteiger partial charge in [-0.3, -0.25) is 9.69 Å². The molecule has 3 heterocycles. The van der Waals surface area contributed by atoms with Gasteiger partial charge in [-0.2, -0.15) is 0 Å². The van der Waals surface area contributed by atoms with Crippen LogP contribution in [0.2, 0.25) is 0 Å². The number of benzene rings is 1. The molecule has 5 nitrogen and oxygen atoms in total. The maximum Gasteiger partial charge on any atom is 0.254 e. The van der Waals surface area contributed by atoms with Crippen molar-refractivity contribution < 1.29 is 14.6 Å². The maximum atomic E-state index is 13.0. The Kier molecular flexibility index (Phi) is 4.59. The molecule has 0 spiro atoms. The number of ether oxygens (including phenoxy) is 1. The van der Waals surface area contributed by atoms with Gasteiger partial charge in [-0.1, -0.05) is 6.42 Å². The highest BCUT2D eigenvalue weighted by Crippen LogP contribution is 2.34. The molecule has 0 radical (unpaired) electrons. The summed E-state index contributed by atoms with van der Waals surface area (Å²) in [6.07, 6.45) is 6.57. The number of phenols is 1.